The highest BCUT2D eigenvalue weighted by Gasteiger charge is 2.32. The van der Waals surface area contributed by atoms with E-state index in [-0.39, 0.29) is 1.43 Å². The summed E-state index contributed by atoms with van der Waals surface area (Å²) in [5.74, 6) is -0.696. The Hall–Kier alpha value is 0.170. The second-order valence-corrected chi connectivity index (χ2v) is 9.15. The minimum absolute atomic E-state index is 0.302. The number of nitrogens with two attached hydrogens (primary N) is 1. The van der Waals surface area contributed by atoms with Gasteiger partial charge in [-0.15, -0.1) is 0 Å². The number of carboxylic acids is 1. The highest BCUT2D eigenvalue weighted by Crippen LogP contribution is 2.43. The number of hydrogen-bond donors (Lipinski definition) is 3. The lowest BCUT2D eigenvalue weighted by Crippen LogP contribution is -2.31. The van der Waals surface area contributed by atoms with Crippen LogP contribution in [0, 0.1) is 0 Å². The molecule has 0 aliphatic heterocycles. The molecule has 15 heavy (non-hydrogen) atoms. The molecule has 0 aromatic rings. The Morgan fingerprint density at radius 1 is 1.60 bits per heavy atom. The SMILES string of the molecule is N[C@@H](CC1=CC=C(O)C(I)(I)C1)C(=O)O. The van der Waals surface area contributed by atoms with Crippen LogP contribution in [0.15, 0.2) is 23.5 Å². The van der Waals surface area contributed by atoms with E-state index in [4.69, 9.17) is 10.8 Å². The fourth-order valence-corrected chi connectivity index (χ4v) is 2.60. The predicted molar refractivity (Wildman–Crippen MR) is 74.4 cm³/mol. The van der Waals surface area contributed by atoms with Crippen LogP contribution in [0.3, 0.4) is 0 Å². The van der Waals surface area contributed by atoms with E-state index in [1.165, 1.54) is 0 Å². The van der Waals surface area contributed by atoms with Gasteiger partial charge in [0.15, 0.2) is 0 Å². The van der Waals surface area contributed by atoms with E-state index in [1.54, 1.807) is 12.2 Å². The molecule has 1 rings (SSSR count). The Morgan fingerprint density at radius 3 is 2.67 bits per heavy atom. The van der Waals surface area contributed by atoms with Gasteiger partial charge in [-0.05, 0) is 18.9 Å². The van der Waals surface area contributed by atoms with Crippen LogP contribution in [0.25, 0.3) is 0 Å². The van der Waals surface area contributed by atoms with Gasteiger partial charge in [0.25, 0.3) is 0 Å². The molecule has 0 amide bonds. The number of aliphatic hydroxyl groups excluding tert-OH is 1. The predicted octanol–water partition coefficient (Wildman–Crippen LogP) is 2.13. The molecular formula is C9H11I2NO3. The number of aliphatic carboxylic acids is 1. The summed E-state index contributed by atoms with van der Waals surface area (Å²) in [6.07, 6.45) is 4.30. The van der Waals surface area contributed by atoms with Gasteiger partial charge in [0.2, 0.25) is 0 Å². The summed E-state index contributed by atoms with van der Waals surface area (Å²) in [5.41, 5.74) is 6.39. The zero-order valence-electron chi connectivity index (χ0n) is 7.78. The smallest absolute Gasteiger partial charge is 0.320 e. The van der Waals surface area contributed by atoms with Crippen LogP contribution in [0.4, 0.5) is 0 Å². The number of halogens is 2. The van der Waals surface area contributed by atoms with Crippen LogP contribution in [0.1, 0.15) is 12.8 Å². The summed E-state index contributed by atoms with van der Waals surface area (Å²) >= 11 is 4.27. The van der Waals surface area contributed by atoms with E-state index in [1.807, 2.05) is 0 Å². The molecule has 84 valence electrons. The van der Waals surface area contributed by atoms with Gasteiger partial charge in [-0.25, -0.2) is 0 Å². The van der Waals surface area contributed by atoms with E-state index in [9.17, 15) is 9.90 Å². The number of hydrogen-bond acceptors (Lipinski definition) is 3. The first-order valence-corrected chi connectivity index (χ1v) is 6.44. The number of aliphatic hydroxyl groups is 1. The lowest BCUT2D eigenvalue weighted by molar-refractivity contribution is -0.138. The Labute approximate surface area is 115 Å². The Bertz CT molecular complexity index is 336. The van der Waals surface area contributed by atoms with E-state index in [0.29, 0.717) is 18.6 Å². The fourth-order valence-electron chi connectivity index (χ4n) is 1.26. The lowest BCUT2D eigenvalue weighted by Gasteiger charge is -2.25. The highest BCUT2D eigenvalue weighted by molar-refractivity contribution is 14.2. The summed E-state index contributed by atoms with van der Waals surface area (Å²) in [5, 5.41) is 18.2. The molecule has 0 radical (unpaired) electrons. The van der Waals surface area contributed by atoms with Crippen LogP contribution in [-0.4, -0.2) is 23.7 Å². The molecule has 0 aromatic carbocycles. The Balaban J connectivity index is 2.71. The lowest BCUT2D eigenvalue weighted by atomic mass is 9.97. The van der Waals surface area contributed by atoms with Crippen molar-refractivity contribution in [3.05, 3.63) is 23.5 Å². The normalized spacial score (nSPS) is 21.5. The van der Waals surface area contributed by atoms with Crippen molar-refractivity contribution in [3.8, 4) is 0 Å². The van der Waals surface area contributed by atoms with Gasteiger partial charge in [0, 0.05) is 0 Å². The van der Waals surface area contributed by atoms with Crippen LogP contribution in [0.5, 0.6) is 0 Å². The van der Waals surface area contributed by atoms with Crippen LogP contribution in [-0.2, 0) is 4.79 Å². The van der Waals surface area contributed by atoms with Gasteiger partial charge in [0.05, 0.1) is 0 Å². The van der Waals surface area contributed by atoms with Crippen molar-refractivity contribution in [2.75, 3.05) is 0 Å². The minimum Gasteiger partial charge on any atom is -0.510 e. The van der Waals surface area contributed by atoms with Gasteiger partial charge >= 0.3 is 5.97 Å². The van der Waals surface area contributed by atoms with Crippen molar-refractivity contribution >= 4 is 51.2 Å². The van der Waals surface area contributed by atoms with Gasteiger partial charge in [-0.2, -0.15) is 0 Å². The van der Waals surface area contributed by atoms with Gasteiger partial charge in [-0.3, -0.25) is 4.79 Å². The summed E-state index contributed by atoms with van der Waals surface area (Å²) in [4.78, 5) is 10.6. The average Bonchev–Trinajstić information content (AvgIpc) is 2.10. The van der Waals surface area contributed by atoms with E-state index >= 15 is 0 Å². The number of carbonyl (C=O) groups is 1. The Kier molecular flexibility index (Phi) is 4.41. The van der Waals surface area contributed by atoms with Crippen molar-refractivity contribution in [1.29, 1.82) is 0 Å². The molecule has 4 nitrogen and oxygen atoms in total. The maximum Gasteiger partial charge on any atom is 0.320 e. The van der Waals surface area contributed by atoms with Crippen LogP contribution >= 0.6 is 45.2 Å². The van der Waals surface area contributed by atoms with Crippen molar-refractivity contribution in [2.24, 2.45) is 5.73 Å². The summed E-state index contributed by atoms with van der Waals surface area (Å²) in [6.45, 7) is 0. The molecule has 1 atom stereocenters. The van der Waals surface area contributed by atoms with Gasteiger partial charge in [0.1, 0.15) is 13.2 Å². The minimum atomic E-state index is -0.998. The van der Waals surface area contributed by atoms with E-state index < -0.39 is 12.0 Å². The van der Waals surface area contributed by atoms with Crippen LogP contribution < -0.4 is 5.73 Å². The van der Waals surface area contributed by atoms with Crippen LogP contribution in [0.2, 0.25) is 0 Å². The molecule has 4 N–H and O–H groups in total. The molecule has 0 saturated heterocycles. The zero-order chi connectivity index (χ0) is 11.6. The molecular weight excluding hydrogens is 424 g/mol. The third-order valence-electron chi connectivity index (χ3n) is 2.10. The first-order valence-electron chi connectivity index (χ1n) is 4.28. The maximum atomic E-state index is 10.6. The number of allylic oxidation sites excluding steroid dienone is 3. The average molecular weight is 435 g/mol. The summed E-state index contributed by atoms with van der Waals surface area (Å²) in [7, 11) is 0. The molecule has 0 heterocycles. The first kappa shape index (κ1) is 13.2. The quantitative estimate of drug-likeness (QED) is 0.469. The summed E-state index contributed by atoms with van der Waals surface area (Å²) < 4.78 is -0.377. The third kappa shape index (κ3) is 3.59. The molecule has 6 heteroatoms. The maximum absolute atomic E-state index is 10.6. The standard InChI is InChI=1S/C9H11I2NO3/c10-9(11)4-5(1-2-7(9)13)3-6(12)8(14)15/h1-2,6,13H,3-4,12H2,(H,14,15)/t6-/m0/s1. The molecule has 1 aliphatic rings. The topological polar surface area (TPSA) is 83.5 Å². The molecule has 0 spiro atoms. The molecule has 0 fully saturated rings. The highest BCUT2D eigenvalue weighted by atomic mass is 127. The molecule has 0 saturated carbocycles. The van der Waals surface area contributed by atoms with E-state index in [2.05, 4.69) is 45.2 Å². The zero-order valence-corrected chi connectivity index (χ0v) is 12.1. The molecule has 0 unspecified atom stereocenters. The third-order valence-corrected chi connectivity index (χ3v) is 3.97. The van der Waals surface area contributed by atoms with Crippen molar-refractivity contribution < 1.29 is 15.0 Å². The number of alkyl halides is 2. The summed E-state index contributed by atoms with van der Waals surface area (Å²) in [6, 6.07) is -0.867. The monoisotopic (exact) mass is 435 g/mol. The van der Waals surface area contributed by atoms with Crippen molar-refractivity contribution in [2.45, 2.75) is 20.3 Å². The molecule has 0 bridgehead atoms. The van der Waals surface area contributed by atoms with Crippen molar-refractivity contribution in [1.82, 2.24) is 0 Å². The first-order chi connectivity index (χ1) is 6.83. The largest absolute Gasteiger partial charge is 0.510 e. The second-order valence-electron chi connectivity index (χ2n) is 3.41. The molecule has 1 aliphatic carbocycles. The van der Waals surface area contributed by atoms with E-state index in [0.717, 1.165) is 5.57 Å². The second kappa shape index (κ2) is 5.00. The van der Waals surface area contributed by atoms with Gasteiger partial charge < -0.3 is 15.9 Å². The van der Waals surface area contributed by atoms with Crippen molar-refractivity contribution in [3.63, 3.8) is 0 Å². The number of rotatable bonds is 3. The number of carboxylic acid groups (broad SMARTS) is 1. The Morgan fingerprint density at radius 2 is 2.20 bits per heavy atom. The van der Waals surface area contributed by atoms with Gasteiger partial charge in [-0.1, -0.05) is 56.8 Å². The fraction of sp³-hybridized carbons (Fsp3) is 0.444. The molecule has 0 aromatic heterocycles.